The lowest BCUT2D eigenvalue weighted by Gasteiger charge is -2.11. The van der Waals surface area contributed by atoms with Gasteiger partial charge >= 0.3 is 6.18 Å². The maximum absolute atomic E-state index is 12.2. The number of nitrogens with one attached hydrogen (secondary N) is 2. The van der Waals surface area contributed by atoms with Gasteiger partial charge in [0.1, 0.15) is 11.6 Å². The van der Waals surface area contributed by atoms with E-state index in [0.717, 1.165) is 12.5 Å². The van der Waals surface area contributed by atoms with E-state index in [9.17, 15) is 26.4 Å². The van der Waals surface area contributed by atoms with E-state index >= 15 is 0 Å². The maximum Gasteiger partial charge on any atom is 0.408 e. The molecular formula is C9H12ClF3N4O3S. The molecule has 7 nitrogen and oxygen atoms in total. The van der Waals surface area contributed by atoms with E-state index in [0.29, 0.717) is 0 Å². The predicted octanol–water partition coefficient (Wildman–Crippen LogP) is 0.420. The van der Waals surface area contributed by atoms with Gasteiger partial charge in [0.2, 0.25) is 10.0 Å². The van der Waals surface area contributed by atoms with E-state index in [2.05, 4.69) is 15.1 Å². The van der Waals surface area contributed by atoms with Crippen molar-refractivity contribution >= 4 is 27.3 Å². The van der Waals surface area contributed by atoms with Gasteiger partial charge in [0.15, 0.2) is 0 Å². The zero-order valence-corrected chi connectivity index (χ0v) is 12.3. The predicted molar refractivity (Wildman–Crippen MR) is 70.9 cm³/mol. The molecular weight excluding hydrogens is 337 g/mol. The van der Waals surface area contributed by atoms with Crippen LogP contribution in [-0.2, 0) is 16.6 Å². The Morgan fingerprint density at radius 3 is 2.52 bits per heavy atom. The average Bonchev–Trinajstić information content (AvgIpc) is 2.30. The first-order valence-corrected chi connectivity index (χ1v) is 7.77. The molecule has 0 radical (unpaired) electrons. The smallest absolute Gasteiger partial charge is 0.381 e. The van der Waals surface area contributed by atoms with Crippen LogP contribution in [0.5, 0.6) is 0 Å². The van der Waals surface area contributed by atoms with Gasteiger partial charge in [0.25, 0.3) is 5.56 Å². The molecule has 0 bridgehead atoms. The number of rotatable bonds is 6. The first-order valence-electron chi connectivity index (χ1n) is 5.50. The van der Waals surface area contributed by atoms with E-state index in [1.54, 1.807) is 0 Å². The van der Waals surface area contributed by atoms with Crippen molar-refractivity contribution < 1.29 is 21.6 Å². The summed E-state index contributed by atoms with van der Waals surface area (Å²) in [5, 5.41) is 5.50. The molecule has 0 aliphatic heterocycles. The highest BCUT2D eigenvalue weighted by Crippen LogP contribution is 2.18. The fourth-order valence-electron chi connectivity index (χ4n) is 1.30. The molecule has 12 heteroatoms. The summed E-state index contributed by atoms with van der Waals surface area (Å²) in [6.45, 7) is -1.44. The molecule has 120 valence electrons. The van der Waals surface area contributed by atoms with E-state index in [1.807, 2.05) is 0 Å². The SMILES string of the molecule is CS(=O)(=O)NCCNc1cnn(CC(F)(F)F)c(=O)c1Cl. The largest absolute Gasteiger partial charge is 0.408 e. The molecule has 1 heterocycles. The molecule has 0 spiro atoms. The summed E-state index contributed by atoms with van der Waals surface area (Å²) in [6.07, 6.45) is -2.65. The van der Waals surface area contributed by atoms with E-state index < -0.39 is 33.3 Å². The molecule has 0 fully saturated rings. The van der Waals surface area contributed by atoms with E-state index in [1.165, 1.54) is 0 Å². The molecule has 0 atom stereocenters. The lowest BCUT2D eigenvalue weighted by molar-refractivity contribution is -0.143. The van der Waals surface area contributed by atoms with Crippen molar-refractivity contribution in [2.24, 2.45) is 0 Å². The van der Waals surface area contributed by atoms with Crippen LogP contribution in [0.25, 0.3) is 0 Å². The van der Waals surface area contributed by atoms with Crippen molar-refractivity contribution in [3.63, 3.8) is 0 Å². The molecule has 1 rings (SSSR count). The monoisotopic (exact) mass is 348 g/mol. The molecule has 0 aliphatic carbocycles. The van der Waals surface area contributed by atoms with Crippen LogP contribution in [0.3, 0.4) is 0 Å². The van der Waals surface area contributed by atoms with Gasteiger partial charge in [-0.1, -0.05) is 11.6 Å². The number of halogens is 4. The molecule has 2 N–H and O–H groups in total. The Morgan fingerprint density at radius 1 is 1.38 bits per heavy atom. The summed E-state index contributed by atoms with van der Waals surface area (Å²) in [5.74, 6) is 0. The molecule has 0 aromatic carbocycles. The quantitative estimate of drug-likeness (QED) is 0.727. The van der Waals surface area contributed by atoms with Gasteiger partial charge in [0, 0.05) is 13.1 Å². The second-order valence-corrected chi connectivity index (χ2v) is 6.25. The minimum absolute atomic E-state index is 0.0147. The lowest BCUT2D eigenvalue weighted by atomic mass is 10.4. The third-order valence-electron chi connectivity index (χ3n) is 2.12. The Morgan fingerprint density at radius 2 is 2.00 bits per heavy atom. The average molecular weight is 349 g/mol. The van der Waals surface area contributed by atoms with Crippen molar-refractivity contribution in [3.8, 4) is 0 Å². The Hall–Kier alpha value is -1.33. The van der Waals surface area contributed by atoms with Crippen LogP contribution in [0, 0.1) is 0 Å². The van der Waals surface area contributed by atoms with E-state index in [-0.39, 0.29) is 23.5 Å². The molecule has 1 aromatic heterocycles. The standard InChI is InChI=1S/C9H12ClF3N4O3S/c1-21(19,20)16-3-2-14-6-4-15-17(5-9(11,12)13)8(18)7(6)10/h4,14,16H,2-3,5H2,1H3. The highest BCUT2D eigenvalue weighted by atomic mass is 35.5. The summed E-state index contributed by atoms with van der Waals surface area (Å²) in [7, 11) is -3.35. The van der Waals surface area contributed by atoms with Gasteiger partial charge in [-0.3, -0.25) is 4.79 Å². The number of nitrogens with zero attached hydrogens (tertiary/aromatic N) is 2. The Kier molecular flexibility index (Phi) is 5.59. The Balaban J connectivity index is 2.74. The molecule has 0 amide bonds. The van der Waals surface area contributed by atoms with Gasteiger partial charge in [-0.2, -0.15) is 18.3 Å². The first-order chi connectivity index (χ1) is 9.49. The van der Waals surface area contributed by atoms with Crippen LogP contribution in [0.15, 0.2) is 11.0 Å². The molecule has 0 aliphatic rings. The second kappa shape index (κ2) is 6.62. The van der Waals surface area contributed by atoms with Crippen molar-refractivity contribution in [1.29, 1.82) is 0 Å². The fraction of sp³-hybridized carbons (Fsp3) is 0.556. The van der Waals surface area contributed by atoms with Gasteiger partial charge in [0.05, 0.1) is 18.1 Å². The normalized spacial score (nSPS) is 12.4. The number of hydrogen-bond donors (Lipinski definition) is 2. The molecule has 0 unspecified atom stereocenters. The number of sulfonamides is 1. The highest BCUT2D eigenvalue weighted by Gasteiger charge is 2.29. The van der Waals surface area contributed by atoms with Crippen LogP contribution in [0.4, 0.5) is 18.9 Å². The summed E-state index contributed by atoms with van der Waals surface area (Å²) in [6, 6.07) is 0. The highest BCUT2D eigenvalue weighted by molar-refractivity contribution is 7.88. The summed E-state index contributed by atoms with van der Waals surface area (Å²) in [4.78, 5) is 11.6. The van der Waals surface area contributed by atoms with Crippen LogP contribution < -0.4 is 15.6 Å². The van der Waals surface area contributed by atoms with Crippen LogP contribution >= 0.6 is 11.6 Å². The Bertz CT molecular complexity index is 659. The third kappa shape index (κ3) is 6.31. The topological polar surface area (TPSA) is 93.1 Å². The summed E-state index contributed by atoms with van der Waals surface area (Å²) in [5.41, 5.74) is -1.06. The minimum Gasteiger partial charge on any atom is -0.381 e. The number of aromatic nitrogens is 2. The van der Waals surface area contributed by atoms with E-state index in [4.69, 9.17) is 11.6 Å². The van der Waals surface area contributed by atoms with Crippen molar-refractivity contribution in [2.45, 2.75) is 12.7 Å². The number of anilines is 1. The Labute approximate surface area is 123 Å². The van der Waals surface area contributed by atoms with Crippen molar-refractivity contribution in [1.82, 2.24) is 14.5 Å². The lowest BCUT2D eigenvalue weighted by Crippen LogP contribution is -2.31. The second-order valence-electron chi connectivity index (χ2n) is 4.04. The summed E-state index contributed by atoms with van der Waals surface area (Å²) >= 11 is 5.65. The minimum atomic E-state index is -4.59. The van der Waals surface area contributed by atoms with Crippen molar-refractivity contribution in [3.05, 3.63) is 21.6 Å². The van der Waals surface area contributed by atoms with Crippen LogP contribution in [0.1, 0.15) is 0 Å². The zero-order chi connectivity index (χ0) is 16.3. The third-order valence-corrected chi connectivity index (χ3v) is 3.21. The fourth-order valence-corrected chi connectivity index (χ4v) is 1.99. The van der Waals surface area contributed by atoms with Crippen molar-refractivity contribution in [2.75, 3.05) is 24.7 Å². The molecule has 0 saturated carbocycles. The van der Waals surface area contributed by atoms with Gasteiger partial charge < -0.3 is 5.32 Å². The zero-order valence-electron chi connectivity index (χ0n) is 10.7. The molecule has 1 aromatic rings. The molecule has 21 heavy (non-hydrogen) atoms. The van der Waals surface area contributed by atoms with Crippen LogP contribution in [0.2, 0.25) is 5.02 Å². The maximum atomic E-state index is 12.2. The van der Waals surface area contributed by atoms with Gasteiger partial charge in [-0.25, -0.2) is 17.8 Å². The first kappa shape index (κ1) is 17.7. The van der Waals surface area contributed by atoms with Gasteiger partial charge in [-0.15, -0.1) is 0 Å². The number of hydrogen-bond acceptors (Lipinski definition) is 5. The van der Waals surface area contributed by atoms with Gasteiger partial charge in [-0.05, 0) is 0 Å². The molecule has 0 saturated heterocycles. The van der Waals surface area contributed by atoms with Crippen LogP contribution in [-0.4, -0.2) is 43.7 Å². The summed E-state index contributed by atoms with van der Waals surface area (Å²) < 4.78 is 60.6. The number of alkyl halides is 3.